The summed E-state index contributed by atoms with van der Waals surface area (Å²) in [6, 6.07) is 2.47. The molecule has 1 aromatic heterocycles. The Morgan fingerprint density at radius 3 is 2.47 bits per heavy atom. The summed E-state index contributed by atoms with van der Waals surface area (Å²) in [6.07, 6.45) is -1.12. The van der Waals surface area contributed by atoms with E-state index in [-0.39, 0.29) is 0 Å². The Morgan fingerprint density at radius 2 is 1.94 bits per heavy atom. The van der Waals surface area contributed by atoms with Crippen LogP contribution in [0.5, 0.6) is 0 Å². The minimum atomic E-state index is -4.31. The lowest BCUT2D eigenvalue weighted by Crippen LogP contribution is -2.34. The maximum absolute atomic E-state index is 12.3. The van der Waals surface area contributed by atoms with Crippen LogP contribution in [-0.2, 0) is 12.7 Å². The third-order valence-electron chi connectivity index (χ3n) is 2.74. The van der Waals surface area contributed by atoms with Crippen molar-refractivity contribution in [2.75, 3.05) is 13.1 Å². The Kier molecular flexibility index (Phi) is 3.63. The molecule has 0 bridgehead atoms. The molecule has 94 valence electrons. The van der Waals surface area contributed by atoms with E-state index in [1.165, 1.54) is 6.07 Å². The number of aromatic nitrogens is 1. The van der Waals surface area contributed by atoms with Crippen molar-refractivity contribution in [3.8, 4) is 0 Å². The van der Waals surface area contributed by atoms with Crippen LogP contribution in [0.1, 0.15) is 24.1 Å². The highest BCUT2D eigenvalue weighted by Gasteiger charge is 2.30. The molecule has 17 heavy (non-hydrogen) atoms. The molecule has 1 aliphatic heterocycles. The van der Waals surface area contributed by atoms with Crippen molar-refractivity contribution >= 4 is 0 Å². The van der Waals surface area contributed by atoms with Crippen LogP contribution in [0.2, 0.25) is 0 Å². The summed E-state index contributed by atoms with van der Waals surface area (Å²) in [4.78, 5) is 3.80. The predicted octanol–water partition coefficient (Wildman–Crippen LogP) is 2.20. The largest absolute Gasteiger partial charge is 0.417 e. The Bertz CT molecular complexity index is 355. The predicted molar refractivity (Wildman–Crippen MR) is 56.9 cm³/mol. The molecule has 0 amide bonds. The highest BCUT2D eigenvalue weighted by Crippen LogP contribution is 2.28. The van der Waals surface area contributed by atoms with E-state index in [0.717, 1.165) is 38.2 Å². The van der Waals surface area contributed by atoms with Gasteiger partial charge in [0.15, 0.2) is 0 Å². The molecule has 1 aromatic rings. The Morgan fingerprint density at radius 1 is 1.24 bits per heavy atom. The summed E-state index contributed by atoms with van der Waals surface area (Å²) in [5, 5.41) is 2.07. The van der Waals surface area contributed by atoms with E-state index in [9.17, 15) is 13.2 Å². The molecule has 0 spiro atoms. The fourth-order valence-electron chi connectivity index (χ4n) is 1.76. The summed E-state index contributed by atoms with van der Waals surface area (Å²) < 4.78 is 36.9. The number of nitrogens with one attached hydrogen (secondary N) is 1. The zero-order valence-corrected chi connectivity index (χ0v) is 9.30. The van der Waals surface area contributed by atoms with Gasteiger partial charge in [-0.3, -0.25) is 4.98 Å². The molecule has 2 heterocycles. The van der Waals surface area contributed by atoms with Gasteiger partial charge in [-0.15, -0.1) is 0 Å². The van der Waals surface area contributed by atoms with Crippen molar-refractivity contribution in [1.82, 2.24) is 15.4 Å². The Balaban J connectivity index is 1.89. The number of hydrazine groups is 1. The zero-order valence-electron chi connectivity index (χ0n) is 9.30. The first kappa shape index (κ1) is 12.3. The minimum Gasteiger partial charge on any atom is -0.259 e. The molecule has 1 fully saturated rings. The molecule has 0 unspecified atom stereocenters. The van der Waals surface area contributed by atoms with Crippen LogP contribution in [0.4, 0.5) is 13.2 Å². The maximum atomic E-state index is 12.3. The molecule has 1 N–H and O–H groups in total. The van der Waals surface area contributed by atoms with E-state index in [1.807, 2.05) is 0 Å². The van der Waals surface area contributed by atoms with Gasteiger partial charge in [-0.25, -0.2) is 10.4 Å². The van der Waals surface area contributed by atoms with Gasteiger partial charge >= 0.3 is 6.18 Å². The molecule has 0 aliphatic carbocycles. The molecule has 2 rings (SSSR count). The highest BCUT2D eigenvalue weighted by molar-refractivity contribution is 5.16. The molecule has 0 radical (unpaired) electrons. The van der Waals surface area contributed by atoms with Gasteiger partial charge in [0.1, 0.15) is 0 Å². The van der Waals surface area contributed by atoms with E-state index in [0.29, 0.717) is 12.2 Å². The monoisotopic (exact) mass is 245 g/mol. The topological polar surface area (TPSA) is 28.2 Å². The fourth-order valence-corrected chi connectivity index (χ4v) is 1.76. The third-order valence-corrected chi connectivity index (χ3v) is 2.74. The van der Waals surface area contributed by atoms with E-state index in [1.54, 1.807) is 0 Å². The summed E-state index contributed by atoms with van der Waals surface area (Å²) in [7, 11) is 0. The fraction of sp³-hybridized carbons (Fsp3) is 0.545. The van der Waals surface area contributed by atoms with Crippen molar-refractivity contribution in [3.63, 3.8) is 0 Å². The normalized spacial score (nSPS) is 17.6. The highest BCUT2D eigenvalue weighted by atomic mass is 19.4. The van der Waals surface area contributed by atoms with E-state index < -0.39 is 11.7 Å². The summed E-state index contributed by atoms with van der Waals surface area (Å²) in [5.74, 6) is 0. The zero-order chi connectivity index (χ0) is 12.3. The minimum absolute atomic E-state index is 0.470. The SMILES string of the molecule is FC(F)(F)c1ccc(CNN2CCCC2)nc1. The van der Waals surface area contributed by atoms with Gasteiger partial charge in [0.2, 0.25) is 0 Å². The Labute approximate surface area is 97.6 Å². The van der Waals surface area contributed by atoms with Crippen molar-refractivity contribution in [2.24, 2.45) is 0 Å². The van der Waals surface area contributed by atoms with Gasteiger partial charge in [-0.2, -0.15) is 13.2 Å². The van der Waals surface area contributed by atoms with Crippen molar-refractivity contribution in [2.45, 2.75) is 25.6 Å². The van der Waals surface area contributed by atoms with Gasteiger partial charge in [-0.1, -0.05) is 0 Å². The van der Waals surface area contributed by atoms with E-state index >= 15 is 0 Å². The first-order chi connectivity index (χ1) is 8.05. The first-order valence-corrected chi connectivity index (χ1v) is 5.56. The van der Waals surface area contributed by atoms with E-state index in [2.05, 4.69) is 15.4 Å². The van der Waals surface area contributed by atoms with Crippen LogP contribution in [0.25, 0.3) is 0 Å². The van der Waals surface area contributed by atoms with Crippen molar-refractivity contribution in [3.05, 3.63) is 29.6 Å². The van der Waals surface area contributed by atoms with Gasteiger partial charge in [0, 0.05) is 19.3 Å². The van der Waals surface area contributed by atoms with Crippen LogP contribution >= 0.6 is 0 Å². The Hall–Kier alpha value is -1.14. The third kappa shape index (κ3) is 3.41. The second-order valence-electron chi connectivity index (χ2n) is 4.07. The molecule has 0 atom stereocenters. The number of rotatable bonds is 3. The molecule has 1 aliphatic rings. The van der Waals surface area contributed by atoms with Crippen LogP contribution < -0.4 is 5.43 Å². The number of pyridine rings is 1. The lowest BCUT2D eigenvalue weighted by molar-refractivity contribution is -0.137. The molecule has 0 saturated carbocycles. The average molecular weight is 245 g/mol. The summed E-state index contributed by atoms with van der Waals surface area (Å²) in [6.45, 7) is 2.44. The number of hydrogen-bond donors (Lipinski definition) is 1. The molecular formula is C11H14F3N3. The lowest BCUT2D eigenvalue weighted by atomic mass is 10.2. The smallest absolute Gasteiger partial charge is 0.259 e. The number of halogens is 3. The lowest BCUT2D eigenvalue weighted by Gasteiger charge is -2.16. The molecular weight excluding hydrogens is 231 g/mol. The number of alkyl halides is 3. The van der Waals surface area contributed by atoms with E-state index in [4.69, 9.17) is 0 Å². The van der Waals surface area contributed by atoms with Crippen molar-refractivity contribution < 1.29 is 13.2 Å². The molecule has 1 saturated heterocycles. The van der Waals surface area contributed by atoms with Crippen LogP contribution in [0.3, 0.4) is 0 Å². The molecule has 6 heteroatoms. The van der Waals surface area contributed by atoms with Gasteiger partial charge in [-0.05, 0) is 25.0 Å². The average Bonchev–Trinajstić information content (AvgIpc) is 2.78. The van der Waals surface area contributed by atoms with Crippen LogP contribution in [0.15, 0.2) is 18.3 Å². The standard InChI is InChI=1S/C11H14F3N3/c12-11(13,14)9-3-4-10(15-7-9)8-16-17-5-1-2-6-17/h3-4,7,16H,1-2,5-6,8H2. The maximum Gasteiger partial charge on any atom is 0.417 e. The number of nitrogens with zero attached hydrogens (tertiary/aromatic N) is 2. The second-order valence-corrected chi connectivity index (χ2v) is 4.07. The van der Waals surface area contributed by atoms with Gasteiger partial charge < -0.3 is 0 Å². The molecule has 3 nitrogen and oxygen atoms in total. The van der Waals surface area contributed by atoms with Crippen LogP contribution in [-0.4, -0.2) is 23.1 Å². The van der Waals surface area contributed by atoms with Crippen molar-refractivity contribution in [1.29, 1.82) is 0 Å². The summed E-state index contributed by atoms with van der Waals surface area (Å²) in [5.41, 5.74) is 3.06. The van der Waals surface area contributed by atoms with Crippen LogP contribution in [0, 0.1) is 0 Å². The van der Waals surface area contributed by atoms with Gasteiger partial charge in [0.05, 0.1) is 17.8 Å². The first-order valence-electron chi connectivity index (χ1n) is 5.56. The number of hydrogen-bond acceptors (Lipinski definition) is 3. The quantitative estimate of drug-likeness (QED) is 0.884. The van der Waals surface area contributed by atoms with Gasteiger partial charge in [0.25, 0.3) is 0 Å². The second kappa shape index (κ2) is 5.01. The summed E-state index contributed by atoms with van der Waals surface area (Å²) >= 11 is 0. The molecule has 0 aromatic carbocycles.